The Labute approximate surface area is 153 Å². The highest BCUT2D eigenvalue weighted by molar-refractivity contribution is 5.96. The van der Waals surface area contributed by atoms with Crippen molar-refractivity contribution >= 4 is 17.6 Å². The van der Waals surface area contributed by atoms with Gasteiger partial charge in [-0.05, 0) is 56.2 Å². The Hall–Kier alpha value is -3.02. The van der Waals surface area contributed by atoms with Crippen molar-refractivity contribution in [1.29, 1.82) is 0 Å². The molecule has 0 saturated carbocycles. The van der Waals surface area contributed by atoms with Crippen molar-refractivity contribution in [2.24, 2.45) is 0 Å². The van der Waals surface area contributed by atoms with Gasteiger partial charge in [-0.15, -0.1) is 0 Å². The summed E-state index contributed by atoms with van der Waals surface area (Å²) in [4.78, 5) is 24.0. The summed E-state index contributed by atoms with van der Waals surface area (Å²) in [6, 6.07) is 14.3. The number of benzene rings is 2. The first-order chi connectivity index (χ1) is 12.5. The summed E-state index contributed by atoms with van der Waals surface area (Å²) in [7, 11) is 1.63. The Balaban J connectivity index is 1.86. The first-order valence-electron chi connectivity index (χ1n) is 8.56. The zero-order chi connectivity index (χ0) is 18.9. The summed E-state index contributed by atoms with van der Waals surface area (Å²) >= 11 is 0. The Morgan fingerprint density at radius 2 is 1.81 bits per heavy atom. The predicted molar refractivity (Wildman–Crippen MR) is 103 cm³/mol. The van der Waals surface area contributed by atoms with Gasteiger partial charge in [0.1, 0.15) is 5.75 Å². The number of anilines is 1. The van der Waals surface area contributed by atoms with Gasteiger partial charge in [-0.2, -0.15) is 0 Å². The van der Waals surface area contributed by atoms with Crippen LogP contribution in [0, 0.1) is 0 Å². The Morgan fingerprint density at radius 1 is 1.08 bits per heavy atom. The molecule has 0 atom stereocenters. The van der Waals surface area contributed by atoms with Crippen molar-refractivity contribution in [1.82, 2.24) is 10.6 Å². The molecule has 0 heterocycles. The van der Waals surface area contributed by atoms with Crippen LogP contribution >= 0.6 is 0 Å². The van der Waals surface area contributed by atoms with E-state index in [0.717, 1.165) is 17.7 Å². The lowest BCUT2D eigenvalue weighted by molar-refractivity contribution is 0.0954. The van der Waals surface area contributed by atoms with Crippen LogP contribution in [-0.2, 0) is 6.42 Å². The van der Waals surface area contributed by atoms with Gasteiger partial charge in [0.2, 0.25) is 0 Å². The van der Waals surface area contributed by atoms with Crippen molar-refractivity contribution in [2.45, 2.75) is 26.3 Å². The van der Waals surface area contributed by atoms with Crippen LogP contribution in [-0.4, -0.2) is 31.6 Å². The Bertz CT molecular complexity index is 742. The predicted octanol–water partition coefficient (Wildman–Crippen LogP) is 3.20. The number of hydrogen-bond donors (Lipinski definition) is 3. The monoisotopic (exact) mass is 355 g/mol. The van der Waals surface area contributed by atoms with Crippen molar-refractivity contribution < 1.29 is 14.3 Å². The molecular weight excluding hydrogens is 330 g/mol. The molecule has 0 aromatic heterocycles. The topological polar surface area (TPSA) is 79.5 Å². The number of urea groups is 1. The fraction of sp³-hybridized carbons (Fsp3) is 0.300. The Morgan fingerprint density at radius 3 is 2.46 bits per heavy atom. The molecule has 6 heteroatoms. The van der Waals surface area contributed by atoms with E-state index in [2.05, 4.69) is 16.0 Å². The Kier molecular flexibility index (Phi) is 7.02. The summed E-state index contributed by atoms with van der Waals surface area (Å²) in [5.74, 6) is 0.634. The minimum Gasteiger partial charge on any atom is -0.497 e. The van der Waals surface area contributed by atoms with Gasteiger partial charge >= 0.3 is 6.03 Å². The maximum Gasteiger partial charge on any atom is 0.319 e. The van der Waals surface area contributed by atoms with E-state index in [0.29, 0.717) is 17.8 Å². The molecule has 0 aliphatic rings. The zero-order valence-electron chi connectivity index (χ0n) is 15.3. The quantitative estimate of drug-likeness (QED) is 0.713. The van der Waals surface area contributed by atoms with Gasteiger partial charge in [-0.3, -0.25) is 4.79 Å². The van der Waals surface area contributed by atoms with Crippen LogP contribution in [0.15, 0.2) is 48.5 Å². The number of rotatable bonds is 7. The molecule has 2 rings (SSSR count). The molecule has 0 radical (unpaired) electrons. The molecule has 3 amide bonds. The lowest BCUT2D eigenvalue weighted by atomic mass is 10.1. The first kappa shape index (κ1) is 19.3. The molecule has 0 bridgehead atoms. The largest absolute Gasteiger partial charge is 0.497 e. The van der Waals surface area contributed by atoms with Gasteiger partial charge in [-0.25, -0.2) is 4.79 Å². The molecule has 0 fully saturated rings. The maximum atomic E-state index is 12.3. The highest BCUT2D eigenvalue weighted by atomic mass is 16.5. The number of hydrogen-bond acceptors (Lipinski definition) is 3. The van der Waals surface area contributed by atoms with E-state index >= 15 is 0 Å². The van der Waals surface area contributed by atoms with Crippen LogP contribution in [0.2, 0.25) is 0 Å². The summed E-state index contributed by atoms with van der Waals surface area (Å²) in [6.45, 7) is 4.29. The van der Waals surface area contributed by atoms with E-state index in [4.69, 9.17) is 4.74 Å². The van der Waals surface area contributed by atoms with Crippen molar-refractivity contribution in [2.75, 3.05) is 19.0 Å². The normalized spacial score (nSPS) is 10.3. The number of carbonyl (C=O) groups is 2. The number of ether oxygens (including phenoxy) is 1. The number of methoxy groups -OCH3 is 1. The van der Waals surface area contributed by atoms with Gasteiger partial charge in [0.05, 0.1) is 7.11 Å². The first-order valence-corrected chi connectivity index (χ1v) is 8.56. The molecule has 0 unspecified atom stereocenters. The number of carbonyl (C=O) groups excluding carboxylic acids is 2. The molecule has 0 saturated heterocycles. The third kappa shape index (κ3) is 6.12. The second kappa shape index (κ2) is 9.46. The molecule has 3 N–H and O–H groups in total. The highest BCUT2D eigenvalue weighted by Gasteiger charge is 2.08. The summed E-state index contributed by atoms with van der Waals surface area (Å²) in [5, 5.41) is 8.35. The summed E-state index contributed by atoms with van der Waals surface area (Å²) in [6.07, 6.45) is 0.727. The second-order valence-corrected chi connectivity index (χ2v) is 6.19. The van der Waals surface area contributed by atoms with Crippen molar-refractivity contribution in [3.05, 3.63) is 59.7 Å². The molecule has 0 aliphatic carbocycles. The van der Waals surface area contributed by atoms with Crippen LogP contribution in [0.1, 0.15) is 29.8 Å². The van der Waals surface area contributed by atoms with Gasteiger partial charge in [0.15, 0.2) is 0 Å². The molecular formula is C20H25N3O3. The third-order valence-corrected chi connectivity index (χ3v) is 3.66. The minimum atomic E-state index is -0.294. The van der Waals surface area contributed by atoms with Gasteiger partial charge in [0, 0.05) is 23.8 Å². The summed E-state index contributed by atoms with van der Waals surface area (Å²) < 4.78 is 5.13. The number of nitrogens with one attached hydrogen (secondary N) is 3. The van der Waals surface area contributed by atoms with Gasteiger partial charge in [-0.1, -0.05) is 18.2 Å². The zero-order valence-corrected chi connectivity index (χ0v) is 15.3. The standard InChI is InChI=1S/C20H25N3O3/c1-14(2)22-20(25)23-17-6-4-5-16(13-17)19(24)21-12-11-15-7-9-18(26-3)10-8-15/h4-10,13-14H,11-12H2,1-3H3,(H,21,24)(H2,22,23,25). The lowest BCUT2D eigenvalue weighted by Crippen LogP contribution is -2.34. The molecule has 6 nitrogen and oxygen atoms in total. The van der Waals surface area contributed by atoms with E-state index in [1.54, 1.807) is 31.4 Å². The van der Waals surface area contributed by atoms with E-state index in [1.807, 2.05) is 38.1 Å². The van der Waals surface area contributed by atoms with Crippen molar-refractivity contribution in [3.8, 4) is 5.75 Å². The SMILES string of the molecule is COc1ccc(CCNC(=O)c2cccc(NC(=O)NC(C)C)c2)cc1. The van der Waals surface area contributed by atoms with E-state index < -0.39 is 0 Å². The smallest absolute Gasteiger partial charge is 0.319 e. The third-order valence-electron chi connectivity index (χ3n) is 3.66. The van der Waals surface area contributed by atoms with E-state index in [-0.39, 0.29) is 18.0 Å². The average molecular weight is 355 g/mol. The van der Waals surface area contributed by atoms with Gasteiger partial charge in [0.25, 0.3) is 5.91 Å². The van der Waals surface area contributed by atoms with Crippen LogP contribution in [0.4, 0.5) is 10.5 Å². The van der Waals surface area contributed by atoms with Crippen LogP contribution < -0.4 is 20.7 Å². The molecule has 2 aromatic rings. The van der Waals surface area contributed by atoms with E-state index in [9.17, 15) is 9.59 Å². The molecule has 138 valence electrons. The fourth-order valence-corrected chi connectivity index (χ4v) is 2.38. The average Bonchev–Trinajstić information content (AvgIpc) is 2.61. The molecule has 0 aliphatic heterocycles. The second-order valence-electron chi connectivity index (χ2n) is 6.19. The molecule has 2 aromatic carbocycles. The summed E-state index contributed by atoms with van der Waals surface area (Å²) in [5.41, 5.74) is 2.19. The van der Waals surface area contributed by atoms with Crippen LogP contribution in [0.3, 0.4) is 0 Å². The van der Waals surface area contributed by atoms with Crippen LogP contribution in [0.5, 0.6) is 5.75 Å². The lowest BCUT2D eigenvalue weighted by Gasteiger charge is -2.11. The van der Waals surface area contributed by atoms with Gasteiger partial charge < -0.3 is 20.7 Å². The fourth-order valence-electron chi connectivity index (χ4n) is 2.38. The minimum absolute atomic E-state index is 0.0411. The molecule has 26 heavy (non-hydrogen) atoms. The van der Waals surface area contributed by atoms with Crippen molar-refractivity contribution in [3.63, 3.8) is 0 Å². The van der Waals surface area contributed by atoms with Crippen LogP contribution in [0.25, 0.3) is 0 Å². The maximum absolute atomic E-state index is 12.3. The number of amides is 3. The van der Waals surface area contributed by atoms with E-state index in [1.165, 1.54) is 0 Å². The molecule has 0 spiro atoms. The highest BCUT2D eigenvalue weighted by Crippen LogP contribution is 2.12.